The van der Waals surface area contributed by atoms with E-state index >= 15 is 0 Å². The Bertz CT molecular complexity index is 1030. The number of benzene rings is 1. The van der Waals surface area contributed by atoms with E-state index in [2.05, 4.69) is 48.1 Å². The third-order valence-electron chi connectivity index (χ3n) is 4.64. The summed E-state index contributed by atoms with van der Waals surface area (Å²) in [6.45, 7) is 8.87. The van der Waals surface area contributed by atoms with Crippen molar-refractivity contribution in [2.24, 2.45) is 0 Å². The van der Waals surface area contributed by atoms with Crippen LogP contribution in [-0.2, 0) is 5.41 Å². The number of carbonyl (C=O) groups is 1. The number of ether oxygens (including phenoxy) is 2. The summed E-state index contributed by atoms with van der Waals surface area (Å²) in [6, 6.07) is 8.70. The lowest BCUT2D eigenvalue weighted by atomic mass is 9.92. The van der Waals surface area contributed by atoms with E-state index in [-0.39, 0.29) is 11.3 Å². The summed E-state index contributed by atoms with van der Waals surface area (Å²) in [4.78, 5) is 21.5. The molecule has 31 heavy (non-hydrogen) atoms. The summed E-state index contributed by atoms with van der Waals surface area (Å²) >= 11 is 0. The van der Waals surface area contributed by atoms with Crippen LogP contribution in [0.2, 0.25) is 0 Å². The van der Waals surface area contributed by atoms with Gasteiger partial charge in [0.25, 0.3) is 11.9 Å². The average Bonchev–Trinajstić information content (AvgIpc) is 3.19. The first-order valence-electron chi connectivity index (χ1n) is 10.3. The predicted molar refractivity (Wildman–Crippen MR) is 119 cm³/mol. The normalized spacial score (nSPS) is 11.3. The van der Waals surface area contributed by atoms with Crippen LogP contribution < -0.4 is 14.8 Å². The molecule has 1 aromatic carbocycles. The maximum atomic E-state index is 13.0. The lowest BCUT2D eigenvalue weighted by molar-refractivity contribution is 0.102. The van der Waals surface area contributed by atoms with Crippen molar-refractivity contribution in [3.8, 4) is 17.4 Å². The topological polar surface area (TPSA) is 91.2 Å². The molecule has 0 bridgehead atoms. The van der Waals surface area contributed by atoms with Gasteiger partial charge in [0, 0.05) is 29.4 Å². The van der Waals surface area contributed by atoms with Gasteiger partial charge in [-0.05, 0) is 30.7 Å². The van der Waals surface area contributed by atoms with Gasteiger partial charge >= 0.3 is 0 Å². The van der Waals surface area contributed by atoms with E-state index in [1.54, 1.807) is 43.8 Å². The van der Waals surface area contributed by atoms with Crippen molar-refractivity contribution in [3.63, 3.8) is 0 Å². The van der Waals surface area contributed by atoms with Crippen molar-refractivity contribution in [2.75, 3.05) is 19.0 Å². The molecule has 3 rings (SSSR count). The molecule has 8 heteroatoms. The SMILES string of the molecule is CCCCOc1ccc(C(=O)Nc2cc(C(C)(C)C)nn2-c2ncccn2)cc1OC. The monoisotopic (exact) mass is 423 g/mol. The fraction of sp³-hybridized carbons (Fsp3) is 0.391. The molecular weight excluding hydrogens is 394 g/mol. The van der Waals surface area contributed by atoms with Crippen LogP contribution in [0.4, 0.5) is 5.82 Å². The van der Waals surface area contributed by atoms with Crippen molar-refractivity contribution >= 4 is 11.7 Å². The molecule has 0 atom stereocenters. The van der Waals surface area contributed by atoms with E-state index in [1.807, 2.05) is 6.07 Å². The molecule has 0 unspecified atom stereocenters. The molecule has 0 radical (unpaired) electrons. The van der Waals surface area contributed by atoms with Crippen LogP contribution in [0, 0.1) is 0 Å². The number of nitrogens with one attached hydrogen (secondary N) is 1. The van der Waals surface area contributed by atoms with Crippen molar-refractivity contribution in [1.29, 1.82) is 0 Å². The Labute approximate surface area is 182 Å². The third-order valence-corrected chi connectivity index (χ3v) is 4.64. The molecule has 0 saturated carbocycles. The molecule has 0 fully saturated rings. The number of nitrogens with zero attached hydrogens (tertiary/aromatic N) is 4. The Hall–Kier alpha value is -3.42. The Morgan fingerprint density at radius 1 is 1.13 bits per heavy atom. The van der Waals surface area contributed by atoms with Gasteiger partial charge in [0.15, 0.2) is 11.5 Å². The zero-order valence-corrected chi connectivity index (χ0v) is 18.7. The highest BCUT2D eigenvalue weighted by molar-refractivity contribution is 6.04. The Kier molecular flexibility index (Phi) is 6.89. The molecule has 0 aliphatic heterocycles. The highest BCUT2D eigenvalue weighted by Gasteiger charge is 2.23. The molecule has 2 aromatic heterocycles. The van der Waals surface area contributed by atoms with Gasteiger partial charge in [0.2, 0.25) is 0 Å². The molecule has 0 saturated heterocycles. The molecule has 0 aliphatic carbocycles. The Morgan fingerprint density at radius 3 is 2.52 bits per heavy atom. The van der Waals surface area contributed by atoms with Crippen LogP contribution in [0.1, 0.15) is 56.6 Å². The summed E-state index contributed by atoms with van der Waals surface area (Å²) < 4.78 is 12.7. The molecular formula is C23H29N5O3. The number of anilines is 1. The summed E-state index contributed by atoms with van der Waals surface area (Å²) in [5, 5.41) is 7.55. The van der Waals surface area contributed by atoms with Gasteiger partial charge in [-0.15, -0.1) is 0 Å². The molecule has 3 aromatic rings. The van der Waals surface area contributed by atoms with Crippen LogP contribution in [0.15, 0.2) is 42.7 Å². The first-order chi connectivity index (χ1) is 14.8. The molecule has 1 N–H and O–H groups in total. The molecule has 2 heterocycles. The lowest BCUT2D eigenvalue weighted by Crippen LogP contribution is -2.16. The van der Waals surface area contributed by atoms with E-state index in [1.165, 1.54) is 4.68 Å². The van der Waals surface area contributed by atoms with Gasteiger partial charge in [-0.2, -0.15) is 9.78 Å². The van der Waals surface area contributed by atoms with E-state index in [4.69, 9.17) is 9.47 Å². The number of hydrogen-bond donors (Lipinski definition) is 1. The van der Waals surface area contributed by atoms with Gasteiger partial charge in [-0.25, -0.2) is 9.97 Å². The van der Waals surface area contributed by atoms with Crippen molar-refractivity contribution < 1.29 is 14.3 Å². The summed E-state index contributed by atoms with van der Waals surface area (Å²) in [5.74, 6) is 1.70. The van der Waals surface area contributed by atoms with E-state index < -0.39 is 0 Å². The minimum absolute atomic E-state index is 0.208. The third kappa shape index (κ3) is 5.39. The first-order valence-corrected chi connectivity index (χ1v) is 10.3. The summed E-state index contributed by atoms with van der Waals surface area (Å²) in [7, 11) is 1.56. The van der Waals surface area contributed by atoms with Crippen molar-refractivity contribution in [1.82, 2.24) is 19.7 Å². The highest BCUT2D eigenvalue weighted by Crippen LogP contribution is 2.29. The second-order valence-corrected chi connectivity index (χ2v) is 8.15. The zero-order valence-electron chi connectivity index (χ0n) is 18.7. The molecule has 164 valence electrons. The van der Waals surface area contributed by atoms with E-state index in [0.29, 0.717) is 35.4 Å². The number of carbonyl (C=O) groups excluding carboxylic acids is 1. The van der Waals surface area contributed by atoms with Crippen LogP contribution in [0.5, 0.6) is 11.5 Å². The zero-order chi connectivity index (χ0) is 22.4. The smallest absolute Gasteiger partial charge is 0.256 e. The maximum Gasteiger partial charge on any atom is 0.256 e. The van der Waals surface area contributed by atoms with E-state index in [0.717, 1.165) is 18.5 Å². The standard InChI is InChI=1S/C23H29N5O3/c1-6-7-13-31-17-10-9-16(14-18(17)30-5)21(29)26-20-15-19(23(2,3)4)27-28(20)22-24-11-8-12-25-22/h8-12,14-15H,6-7,13H2,1-5H3,(H,26,29). The van der Waals surface area contributed by atoms with Gasteiger partial charge in [0.1, 0.15) is 5.82 Å². The van der Waals surface area contributed by atoms with Gasteiger partial charge in [-0.1, -0.05) is 34.1 Å². The van der Waals surface area contributed by atoms with E-state index in [9.17, 15) is 4.79 Å². The largest absolute Gasteiger partial charge is 0.493 e. The number of hydrogen-bond acceptors (Lipinski definition) is 6. The first kappa shape index (κ1) is 22.3. The fourth-order valence-electron chi connectivity index (χ4n) is 2.83. The Morgan fingerprint density at radius 2 is 1.87 bits per heavy atom. The predicted octanol–water partition coefficient (Wildman–Crippen LogP) is 4.40. The molecule has 0 spiro atoms. The second-order valence-electron chi connectivity index (χ2n) is 8.15. The van der Waals surface area contributed by atoms with Gasteiger partial charge in [-0.3, -0.25) is 4.79 Å². The maximum absolute atomic E-state index is 13.0. The quantitative estimate of drug-likeness (QED) is 0.540. The number of amides is 1. The minimum Gasteiger partial charge on any atom is -0.493 e. The lowest BCUT2D eigenvalue weighted by Gasteiger charge is -2.13. The summed E-state index contributed by atoms with van der Waals surface area (Å²) in [6.07, 6.45) is 5.26. The van der Waals surface area contributed by atoms with Crippen LogP contribution in [0.25, 0.3) is 5.95 Å². The fourth-order valence-corrected chi connectivity index (χ4v) is 2.83. The minimum atomic E-state index is -0.295. The van der Waals surface area contributed by atoms with Crippen molar-refractivity contribution in [2.45, 2.75) is 46.0 Å². The second kappa shape index (κ2) is 9.59. The Balaban J connectivity index is 1.88. The molecule has 8 nitrogen and oxygen atoms in total. The number of methoxy groups -OCH3 is 1. The summed E-state index contributed by atoms with van der Waals surface area (Å²) in [5.41, 5.74) is 1.05. The van der Waals surface area contributed by atoms with Crippen LogP contribution in [-0.4, -0.2) is 39.4 Å². The van der Waals surface area contributed by atoms with Gasteiger partial charge in [0.05, 0.1) is 19.4 Å². The number of aromatic nitrogens is 4. The van der Waals surface area contributed by atoms with Crippen LogP contribution in [0.3, 0.4) is 0 Å². The van der Waals surface area contributed by atoms with Gasteiger partial charge < -0.3 is 14.8 Å². The number of rotatable bonds is 8. The highest BCUT2D eigenvalue weighted by atomic mass is 16.5. The van der Waals surface area contributed by atoms with Crippen molar-refractivity contribution in [3.05, 3.63) is 54.0 Å². The average molecular weight is 424 g/mol. The number of unbranched alkanes of at least 4 members (excludes halogenated alkanes) is 1. The molecule has 1 amide bonds. The van der Waals surface area contributed by atoms with Crippen LogP contribution >= 0.6 is 0 Å². The molecule has 0 aliphatic rings.